The van der Waals surface area contributed by atoms with Crippen LogP contribution in [-0.2, 0) is 0 Å². The van der Waals surface area contributed by atoms with Crippen LogP contribution in [0.5, 0.6) is 5.75 Å². The molecular formula is C11H16ClI2NO2. The third-order valence-electron chi connectivity index (χ3n) is 2.64. The first-order valence-corrected chi connectivity index (χ1v) is 6.99. The van der Waals surface area contributed by atoms with Crippen molar-refractivity contribution in [1.29, 1.82) is 0 Å². The molecule has 0 aliphatic carbocycles. The van der Waals surface area contributed by atoms with Crippen molar-refractivity contribution in [3.05, 3.63) is 24.8 Å². The zero-order chi connectivity index (χ0) is 12.5. The van der Waals surface area contributed by atoms with Crippen LogP contribution in [0.25, 0.3) is 0 Å². The Labute approximate surface area is 135 Å². The molecule has 0 bridgehead atoms. The van der Waals surface area contributed by atoms with Gasteiger partial charge in [-0.05, 0) is 57.3 Å². The topological polar surface area (TPSA) is 66.5 Å². The van der Waals surface area contributed by atoms with Gasteiger partial charge in [0.05, 0.1) is 3.57 Å². The SMILES string of the molecule is CC(C)(CO)[C@@H](N)c1cc(I)cc(I)c1O.Cl. The second kappa shape index (κ2) is 6.74. The van der Waals surface area contributed by atoms with E-state index in [2.05, 4.69) is 45.2 Å². The van der Waals surface area contributed by atoms with Gasteiger partial charge in [-0.25, -0.2) is 0 Å². The molecule has 1 aromatic carbocycles. The van der Waals surface area contributed by atoms with Gasteiger partial charge in [-0.2, -0.15) is 0 Å². The van der Waals surface area contributed by atoms with E-state index in [9.17, 15) is 10.2 Å². The summed E-state index contributed by atoms with van der Waals surface area (Å²) in [7, 11) is 0. The second-order valence-corrected chi connectivity index (χ2v) is 6.86. The molecule has 3 nitrogen and oxygen atoms in total. The second-order valence-electron chi connectivity index (χ2n) is 4.45. The van der Waals surface area contributed by atoms with E-state index < -0.39 is 5.41 Å². The number of phenolic OH excluding ortho intramolecular Hbond substituents is 1. The predicted molar refractivity (Wildman–Crippen MR) is 88.6 cm³/mol. The lowest BCUT2D eigenvalue weighted by atomic mass is 9.81. The van der Waals surface area contributed by atoms with E-state index in [4.69, 9.17) is 5.73 Å². The molecule has 0 spiro atoms. The third kappa shape index (κ3) is 4.09. The van der Waals surface area contributed by atoms with Crippen LogP contribution in [0.4, 0.5) is 0 Å². The highest BCUT2D eigenvalue weighted by atomic mass is 127. The first kappa shape index (κ1) is 17.7. The molecular weight excluding hydrogens is 467 g/mol. The average molecular weight is 484 g/mol. The lowest BCUT2D eigenvalue weighted by molar-refractivity contribution is 0.131. The summed E-state index contributed by atoms with van der Waals surface area (Å²) in [6.45, 7) is 3.74. The van der Waals surface area contributed by atoms with Crippen LogP contribution in [0, 0.1) is 12.6 Å². The molecule has 0 saturated heterocycles. The molecule has 1 atom stereocenters. The van der Waals surface area contributed by atoms with E-state index in [1.807, 2.05) is 26.0 Å². The number of hydrogen-bond donors (Lipinski definition) is 3. The van der Waals surface area contributed by atoms with Crippen molar-refractivity contribution in [2.75, 3.05) is 6.61 Å². The van der Waals surface area contributed by atoms with Gasteiger partial charge in [0.15, 0.2) is 0 Å². The Balaban J connectivity index is 0.00000256. The lowest BCUT2D eigenvalue weighted by Gasteiger charge is -2.30. The number of nitrogens with two attached hydrogens (primary N) is 1. The molecule has 0 aliphatic heterocycles. The number of aliphatic hydroxyl groups is 1. The van der Waals surface area contributed by atoms with Crippen LogP contribution in [0.2, 0.25) is 0 Å². The van der Waals surface area contributed by atoms with Crippen molar-refractivity contribution in [1.82, 2.24) is 0 Å². The van der Waals surface area contributed by atoms with Crippen molar-refractivity contribution < 1.29 is 10.2 Å². The zero-order valence-corrected chi connectivity index (χ0v) is 14.7. The predicted octanol–water partition coefficient (Wildman–Crippen LogP) is 3.04. The Morgan fingerprint density at radius 1 is 1.35 bits per heavy atom. The summed E-state index contributed by atoms with van der Waals surface area (Å²) >= 11 is 4.26. The highest BCUT2D eigenvalue weighted by Gasteiger charge is 2.29. The minimum absolute atomic E-state index is 0. The molecule has 0 amide bonds. The molecule has 0 aromatic heterocycles. The van der Waals surface area contributed by atoms with E-state index in [-0.39, 0.29) is 30.8 Å². The molecule has 6 heteroatoms. The largest absolute Gasteiger partial charge is 0.506 e. The quantitative estimate of drug-likeness (QED) is 0.579. The summed E-state index contributed by atoms with van der Waals surface area (Å²) in [6.07, 6.45) is 0. The maximum atomic E-state index is 9.98. The molecule has 4 N–H and O–H groups in total. The van der Waals surface area contributed by atoms with Gasteiger partial charge in [-0.15, -0.1) is 12.4 Å². The van der Waals surface area contributed by atoms with Crippen LogP contribution in [0.1, 0.15) is 25.5 Å². The van der Waals surface area contributed by atoms with Gasteiger partial charge >= 0.3 is 0 Å². The maximum Gasteiger partial charge on any atom is 0.133 e. The van der Waals surface area contributed by atoms with Gasteiger partial charge < -0.3 is 15.9 Å². The number of hydrogen-bond acceptors (Lipinski definition) is 3. The molecule has 98 valence electrons. The summed E-state index contributed by atoms with van der Waals surface area (Å²) in [4.78, 5) is 0. The summed E-state index contributed by atoms with van der Waals surface area (Å²) < 4.78 is 1.81. The van der Waals surface area contributed by atoms with Gasteiger partial charge in [-0.1, -0.05) is 13.8 Å². The first-order chi connectivity index (χ1) is 7.29. The van der Waals surface area contributed by atoms with Crippen molar-refractivity contribution in [2.45, 2.75) is 19.9 Å². The molecule has 0 fully saturated rings. The Morgan fingerprint density at radius 2 is 1.88 bits per heavy atom. The van der Waals surface area contributed by atoms with Crippen molar-refractivity contribution in [2.24, 2.45) is 11.1 Å². The number of rotatable bonds is 3. The summed E-state index contributed by atoms with van der Waals surface area (Å²) in [5.41, 5.74) is 6.33. The molecule has 0 aliphatic rings. The van der Waals surface area contributed by atoms with Crippen LogP contribution in [-0.4, -0.2) is 16.8 Å². The Morgan fingerprint density at radius 3 is 2.35 bits per heavy atom. The van der Waals surface area contributed by atoms with E-state index in [1.54, 1.807) is 0 Å². The molecule has 1 aromatic rings. The molecule has 0 radical (unpaired) electrons. The monoisotopic (exact) mass is 483 g/mol. The summed E-state index contributed by atoms with van der Waals surface area (Å²) in [5, 5.41) is 19.3. The fourth-order valence-corrected chi connectivity index (χ4v) is 3.23. The molecule has 0 heterocycles. The normalized spacial score (nSPS) is 13.1. The maximum absolute atomic E-state index is 9.98. The number of phenols is 1. The number of aliphatic hydroxyl groups excluding tert-OH is 1. The van der Waals surface area contributed by atoms with Gasteiger partial charge in [0, 0.05) is 27.2 Å². The lowest BCUT2D eigenvalue weighted by Crippen LogP contribution is -2.32. The minimum Gasteiger partial charge on any atom is -0.506 e. The van der Waals surface area contributed by atoms with Crippen molar-refractivity contribution in [3.63, 3.8) is 0 Å². The Kier molecular flexibility index (Phi) is 7.01. The number of benzene rings is 1. The highest BCUT2D eigenvalue weighted by Crippen LogP contribution is 2.38. The average Bonchev–Trinajstić information content (AvgIpc) is 2.22. The fourth-order valence-electron chi connectivity index (χ4n) is 1.34. The molecule has 0 unspecified atom stereocenters. The third-order valence-corrected chi connectivity index (χ3v) is 4.09. The van der Waals surface area contributed by atoms with E-state index in [1.165, 1.54) is 0 Å². The van der Waals surface area contributed by atoms with Crippen molar-refractivity contribution in [3.8, 4) is 5.75 Å². The molecule has 0 saturated carbocycles. The first-order valence-electron chi connectivity index (χ1n) is 4.84. The van der Waals surface area contributed by atoms with Crippen LogP contribution in [0.15, 0.2) is 12.1 Å². The van der Waals surface area contributed by atoms with Gasteiger partial charge in [0.25, 0.3) is 0 Å². The van der Waals surface area contributed by atoms with Gasteiger partial charge in [0.1, 0.15) is 5.75 Å². The van der Waals surface area contributed by atoms with Gasteiger partial charge in [-0.3, -0.25) is 0 Å². The number of halogens is 3. The van der Waals surface area contributed by atoms with Crippen LogP contribution >= 0.6 is 57.6 Å². The van der Waals surface area contributed by atoms with E-state index >= 15 is 0 Å². The molecule has 17 heavy (non-hydrogen) atoms. The molecule has 1 rings (SSSR count). The smallest absolute Gasteiger partial charge is 0.133 e. The zero-order valence-electron chi connectivity index (χ0n) is 9.58. The minimum atomic E-state index is -0.453. The Bertz CT molecular complexity index is 399. The Hall–Kier alpha value is 0.690. The van der Waals surface area contributed by atoms with E-state index in [0.717, 1.165) is 7.14 Å². The van der Waals surface area contributed by atoms with Crippen molar-refractivity contribution >= 4 is 57.6 Å². The highest BCUT2D eigenvalue weighted by molar-refractivity contribution is 14.1. The number of aromatic hydroxyl groups is 1. The van der Waals surface area contributed by atoms with Gasteiger partial charge in [0.2, 0.25) is 0 Å². The summed E-state index contributed by atoms with van der Waals surface area (Å²) in [5.74, 6) is 0.218. The van der Waals surface area contributed by atoms with E-state index in [0.29, 0.717) is 5.56 Å². The standard InChI is InChI=1S/C11H15I2NO2.ClH/c1-11(2,5-15)10(14)7-3-6(12)4-8(13)9(7)16;/h3-4,10,15-16H,5,14H2,1-2H3;1H/t10-;/m0./s1. The fraction of sp³-hybridized carbons (Fsp3) is 0.455. The van der Waals surface area contributed by atoms with Crippen LogP contribution < -0.4 is 5.73 Å². The van der Waals surface area contributed by atoms with Crippen LogP contribution in [0.3, 0.4) is 0 Å². The summed E-state index contributed by atoms with van der Waals surface area (Å²) in [6, 6.07) is 3.36.